The van der Waals surface area contributed by atoms with Crippen LogP contribution in [-0.4, -0.2) is 16.6 Å². The maximum absolute atomic E-state index is 10.1. The molecule has 0 fully saturated rings. The lowest BCUT2D eigenvalue weighted by atomic mass is 9.84. The summed E-state index contributed by atoms with van der Waals surface area (Å²) in [5.41, 5.74) is 3.12. The van der Waals surface area contributed by atoms with Crippen LogP contribution in [0, 0.1) is 6.92 Å². The molecule has 1 atom stereocenters. The summed E-state index contributed by atoms with van der Waals surface area (Å²) in [6.07, 6.45) is 3.90. The quantitative estimate of drug-likeness (QED) is 0.799. The van der Waals surface area contributed by atoms with Gasteiger partial charge in [0.15, 0.2) is 0 Å². The monoisotopic (exact) mass is 296 g/mol. The van der Waals surface area contributed by atoms with Crippen molar-refractivity contribution in [3.63, 3.8) is 0 Å². The van der Waals surface area contributed by atoms with Crippen LogP contribution in [-0.2, 0) is 6.42 Å². The number of ether oxygens (including phenoxy) is 1. The number of benzene rings is 1. The first-order valence-corrected chi connectivity index (χ1v) is 8.02. The molecule has 1 heterocycles. The van der Waals surface area contributed by atoms with Gasteiger partial charge >= 0.3 is 0 Å². The number of halogens is 1. The molecular weight excluding hydrogens is 272 g/mol. The third-order valence-electron chi connectivity index (χ3n) is 4.38. The predicted octanol–water partition coefficient (Wildman–Crippen LogP) is 4.93. The highest BCUT2D eigenvalue weighted by Crippen LogP contribution is 2.44. The van der Waals surface area contributed by atoms with Crippen LogP contribution in [0.4, 0.5) is 0 Å². The number of aromatic hydroxyl groups is 1. The maximum Gasteiger partial charge on any atom is 0.127 e. The van der Waals surface area contributed by atoms with E-state index in [0.29, 0.717) is 17.5 Å². The van der Waals surface area contributed by atoms with Gasteiger partial charge in [-0.1, -0.05) is 13.8 Å². The summed E-state index contributed by atoms with van der Waals surface area (Å²) in [5, 5.41) is 10.1. The summed E-state index contributed by atoms with van der Waals surface area (Å²) in [6.45, 7) is 8.43. The molecule has 0 amide bonds. The number of phenolic OH excluding ortho intramolecular Hbond substituents is 1. The zero-order valence-corrected chi connectivity index (χ0v) is 13.7. The molecule has 112 valence electrons. The molecule has 1 aliphatic heterocycles. The van der Waals surface area contributed by atoms with Gasteiger partial charge in [0.05, 0.1) is 0 Å². The van der Waals surface area contributed by atoms with Crippen molar-refractivity contribution < 1.29 is 9.84 Å². The molecule has 0 aliphatic carbocycles. The van der Waals surface area contributed by atoms with Crippen LogP contribution in [0.25, 0.3) is 0 Å². The molecule has 1 aromatic rings. The highest BCUT2D eigenvalue weighted by atomic mass is 35.5. The number of fused-ring (bicyclic) bond motifs is 1. The van der Waals surface area contributed by atoms with Gasteiger partial charge in [-0.2, -0.15) is 0 Å². The van der Waals surface area contributed by atoms with E-state index in [1.54, 1.807) is 0 Å². The Labute approximate surface area is 127 Å². The van der Waals surface area contributed by atoms with E-state index in [4.69, 9.17) is 16.3 Å². The first kappa shape index (κ1) is 15.5. The molecule has 0 saturated heterocycles. The Hall–Kier alpha value is -0.890. The van der Waals surface area contributed by atoms with Crippen molar-refractivity contribution in [2.45, 2.75) is 64.9 Å². The molecule has 1 unspecified atom stereocenters. The molecule has 3 heteroatoms. The van der Waals surface area contributed by atoms with Crippen molar-refractivity contribution in [3.8, 4) is 11.5 Å². The third-order valence-corrected chi connectivity index (χ3v) is 4.65. The SMILES string of the molecule is Cc1c(O)cc(C(C)C)c2c1CCC(C)(CCCCl)O2. The Balaban J connectivity index is 2.41. The van der Waals surface area contributed by atoms with Gasteiger partial charge in [0, 0.05) is 17.0 Å². The van der Waals surface area contributed by atoms with E-state index in [9.17, 15) is 5.11 Å². The Morgan fingerprint density at radius 1 is 1.45 bits per heavy atom. The van der Waals surface area contributed by atoms with Gasteiger partial charge in [0.25, 0.3) is 0 Å². The molecule has 0 bridgehead atoms. The molecule has 0 aromatic heterocycles. The standard InChI is InChI=1S/C17H25ClO2/c1-11(2)14-10-15(19)12(3)13-6-8-17(4,7-5-9-18)20-16(13)14/h10-11,19H,5-9H2,1-4H3. The van der Waals surface area contributed by atoms with Crippen LogP contribution in [0.3, 0.4) is 0 Å². The fourth-order valence-corrected chi connectivity index (χ4v) is 3.11. The zero-order chi connectivity index (χ0) is 14.9. The van der Waals surface area contributed by atoms with E-state index in [1.165, 1.54) is 5.56 Å². The number of alkyl halides is 1. The summed E-state index contributed by atoms with van der Waals surface area (Å²) in [6, 6.07) is 1.87. The average molecular weight is 297 g/mol. The lowest BCUT2D eigenvalue weighted by molar-refractivity contribution is 0.0538. The largest absolute Gasteiger partial charge is 0.508 e. The Bertz CT molecular complexity index is 496. The first-order valence-electron chi connectivity index (χ1n) is 7.48. The van der Waals surface area contributed by atoms with E-state index in [2.05, 4.69) is 20.8 Å². The molecule has 20 heavy (non-hydrogen) atoms. The summed E-state index contributed by atoms with van der Waals surface area (Å²) in [5.74, 6) is 2.40. The highest BCUT2D eigenvalue weighted by Gasteiger charge is 2.34. The molecule has 1 aromatic carbocycles. The van der Waals surface area contributed by atoms with Crippen molar-refractivity contribution in [2.75, 3.05) is 5.88 Å². The van der Waals surface area contributed by atoms with Gasteiger partial charge in [-0.3, -0.25) is 0 Å². The van der Waals surface area contributed by atoms with Crippen LogP contribution in [0.1, 0.15) is 62.6 Å². The van der Waals surface area contributed by atoms with E-state index in [1.807, 2.05) is 13.0 Å². The van der Waals surface area contributed by atoms with Crippen molar-refractivity contribution in [2.24, 2.45) is 0 Å². The van der Waals surface area contributed by atoms with Crippen LogP contribution < -0.4 is 4.74 Å². The Kier molecular flexibility index (Phi) is 4.53. The zero-order valence-electron chi connectivity index (χ0n) is 12.9. The molecule has 0 radical (unpaired) electrons. The van der Waals surface area contributed by atoms with Gasteiger partial charge in [-0.05, 0) is 57.1 Å². The molecule has 2 nitrogen and oxygen atoms in total. The van der Waals surface area contributed by atoms with Gasteiger partial charge < -0.3 is 9.84 Å². The van der Waals surface area contributed by atoms with Crippen LogP contribution in [0.15, 0.2) is 6.07 Å². The molecule has 1 aliphatic rings. The third kappa shape index (κ3) is 2.90. The van der Waals surface area contributed by atoms with E-state index in [-0.39, 0.29) is 5.60 Å². The number of rotatable bonds is 4. The minimum atomic E-state index is -0.130. The second-order valence-electron chi connectivity index (χ2n) is 6.42. The smallest absolute Gasteiger partial charge is 0.127 e. The fraction of sp³-hybridized carbons (Fsp3) is 0.647. The lowest BCUT2D eigenvalue weighted by Crippen LogP contribution is -2.37. The number of phenols is 1. The Morgan fingerprint density at radius 3 is 2.75 bits per heavy atom. The van der Waals surface area contributed by atoms with Gasteiger partial charge in [0.1, 0.15) is 17.1 Å². The van der Waals surface area contributed by atoms with Crippen LogP contribution in [0.5, 0.6) is 11.5 Å². The van der Waals surface area contributed by atoms with Crippen molar-refractivity contribution >= 4 is 11.6 Å². The lowest BCUT2D eigenvalue weighted by Gasteiger charge is -2.38. The van der Waals surface area contributed by atoms with Crippen LogP contribution >= 0.6 is 11.6 Å². The van der Waals surface area contributed by atoms with Crippen LogP contribution in [0.2, 0.25) is 0 Å². The number of hydrogen-bond donors (Lipinski definition) is 1. The van der Waals surface area contributed by atoms with Crippen molar-refractivity contribution in [3.05, 3.63) is 22.8 Å². The van der Waals surface area contributed by atoms with E-state index >= 15 is 0 Å². The summed E-state index contributed by atoms with van der Waals surface area (Å²) < 4.78 is 6.38. The van der Waals surface area contributed by atoms with Crippen molar-refractivity contribution in [1.82, 2.24) is 0 Å². The minimum Gasteiger partial charge on any atom is -0.508 e. The summed E-state index contributed by atoms with van der Waals surface area (Å²) in [4.78, 5) is 0. The van der Waals surface area contributed by atoms with Gasteiger partial charge in [-0.15, -0.1) is 11.6 Å². The summed E-state index contributed by atoms with van der Waals surface area (Å²) >= 11 is 5.82. The van der Waals surface area contributed by atoms with Gasteiger partial charge in [0.2, 0.25) is 0 Å². The second kappa shape index (κ2) is 5.85. The molecular formula is C17H25ClO2. The topological polar surface area (TPSA) is 29.5 Å². The summed E-state index contributed by atoms with van der Waals surface area (Å²) in [7, 11) is 0. The second-order valence-corrected chi connectivity index (χ2v) is 6.79. The normalized spacial score (nSPS) is 21.7. The molecule has 0 spiro atoms. The maximum atomic E-state index is 10.1. The minimum absolute atomic E-state index is 0.130. The van der Waals surface area contributed by atoms with E-state index < -0.39 is 0 Å². The van der Waals surface area contributed by atoms with Gasteiger partial charge in [-0.25, -0.2) is 0 Å². The number of hydrogen-bond acceptors (Lipinski definition) is 2. The average Bonchev–Trinajstić information content (AvgIpc) is 2.40. The van der Waals surface area contributed by atoms with E-state index in [0.717, 1.165) is 42.6 Å². The molecule has 2 rings (SSSR count). The highest BCUT2D eigenvalue weighted by molar-refractivity contribution is 6.17. The molecule has 0 saturated carbocycles. The fourth-order valence-electron chi connectivity index (χ4n) is 2.97. The molecule has 1 N–H and O–H groups in total. The predicted molar refractivity (Wildman–Crippen MR) is 84.2 cm³/mol. The van der Waals surface area contributed by atoms with Crippen molar-refractivity contribution in [1.29, 1.82) is 0 Å². The Morgan fingerprint density at radius 2 is 2.15 bits per heavy atom. The first-order chi connectivity index (χ1) is 9.38.